The van der Waals surface area contributed by atoms with Crippen molar-refractivity contribution in [2.45, 2.75) is 19.0 Å². The third-order valence-corrected chi connectivity index (χ3v) is 6.37. The molecule has 164 valence electrons. The first kappa shape index (κ1) is 21.2. The standard InChI is InChI=1S/C24H29N3O4/c1-30-22-10-6-5-9-20(22)25-11-13-26(14-12-25)23(28)17-27-16-19-8-4-3-7-18(19)15-21(27)24(29)31-2/h3-10,21H,11-17H2,1-2H3/p+1/t21-/m0/s1. The molecular weight excluding hydrogens is 394 g/mol. The molecule has 0 saturated carbocycles. The molecule has 0 spiro atoms. The summed E-state index contributed by atoms with van der Waals surface area (Å²) in [5, 5.41) is 0. The number of esters is 1. The lowest BCUT2D eigenvalue weighted by Crippen LogP contribution is -3.17. The average molecular weight is 425 g/mol. The molecule has 31 heavy (non-hydrogen) atoms. The number of carbonyl (C=O) groups excluding carboxylic acids is 2. The zero-order valence-electron chi connectivity index (χ0n) is 18.2. The van der Waals surface area contributed by atoms with Crippen LogP contribution in [0.25, 0.3) is 0 Å². The van der Waals surface area contributed by atoms with Gasteiger partial charge in [-0.15, -0.1) is 0 Å². The monoisotopic (exact) mass is 424 g/mol. The summed E-state index contributed by atoms with van der Waals surface area (Å²) >= 11 is 0. The molecule has 2 aliphatic rings. The molecule has 4 rings (SSSR count). The number of methoxy groups -OCH3 is 2. The van der Waals surface area contributed by atoms with E-state index in [4.69, 9.17) is 9.47 Å². The van der Waals surface area contributed by atoms with Crippen LogP contribution in [0.5, 0.6) is 5.75 Å². The van der Waals surface area contributed by atoms with Crippen LogP contribution in [0.2, 0.25) is 0 Å². The second-order valence-electron chi connectivity index (χ2n) is 8.10. The van der Waals surface area contributed by atoms with Gasteiger partial charge in [-0.3, -0.25) is 4.79 Å². The topological polar surface area (TPSA) is 63.5 Å². The maximum Gasteiger partial charge on any atom is 0.365 e. The lowest BCUT2D eigenvalue weighted by molar-refractivity contribution is -0.925. The number of carbonyl (C=O) groups is 2. The van der Waals surface area contributed by atoms with E-state index < -0.39 is 0 Å². The molecule has 1 fully saturated rings. The van der Waals surface area contributed by atoms with Crippen molar-refractivity contribution >= 4 is 17.6 Å². The van der Waals surface area contributed by atoms with Crippen LogP contribution in [0.3, 0.4) is 0 Å². The fourth-order valence-electron chi connectivity index (χ4n) is 4.63. The minimum atomic E-state index is -0.348. The Morgan fingerprint density at radius 3 is 2.35 bits per heavy atom. The highest BCUT2D eigenvalue weighted by molar-refractivity contribution is 5.79. The summed E-state index contributed by atoms with van der Waals surface area (Å²) in [4.78, 5) is 30.7. The summed E-state index contributed by atoms with van der Waals surface area (Å²) in [6.07, 6.45) is 0.604. The number of quaternary nitrogens is 1. The summed E-state index contributed by atoms with van der Waals surface area (Å²) in [5.41, 5.74) is 3.42. The number of para-hydroxylation sites is 2. The van der Waals surface area contributed by atoms with Crippen molar-refractivity contribution in [2.24, 2.45) is 0 Å². The number of nitrogens with zero attached hydrogens (tertiary/aromatic N) is 2. The largest absolute Gasteiger partial charge is 0.495 e. The van der Waals surface area contributed by atoms with Gasteiger partial charge in [-0.1, -0.05) is 36.4 Å². The van der Waals surface area contributed by atoms with Gasteiger partial charge < -0.3 is 24.2 Å². The van der Waals surface area contributed by atoms with Gasteiger partial charge in [-0.25, -0.2) is 4.79 Å². The summed E-state index contributed by atoms with van der Waals surface area (Å²) < 4.78 is 10.5. The molecule has 0 radical (unpaired) electrons. The number of piperazine rings is 1. The number of rotatable bonds is 5. The van der Waals surface area contributed by atoms with Crippen molar-refractivity contribution in [3.8, 4) is 5.75 Å². The first-order chi connectivity index (χ1) is 15.1. The smallest absolute Gasteiger partial charge is 0.365 e. The van der Waals surface area contributed by atoms with Crippen LogP contribution in [0.4, 0.5) is 5.69 Å². The Kier molecular flexibility index (Phi) is 6.42. The highest BCUT2D eigenvalue weighted by Crippen LogP contribution is 2.28. The lowest BCUT2D eigenvalue weighted by atomic mass is 9.94. The third-order valence-electron chi connectivity index (χ3n) is 6.37. The van der Waals surface area contributed by atoms with Crippen LogP contribution in [0.1, 0.15) is 11.1 Å². The van der Waals surface area contributed by atoms with E-state index in [0.29, 0.717) is 32.6 Å². The fraction of sp³-hybridized carbons (Fsp3) is 0.417. The number of ether oxygens (including phenoxy) is 2. The molecule has 7 nitrogen and oxygen atoms in total. The van der Waals surface area contributed by atoms with Gasteiger partial charge in [0, 0.05) is 38.2 Å². The molecule has 2 heterocycles. The van der Waals surface area contributed by atoms with E-state index in [1.165, 1.54) is 18.2 Å². The second kappa shape index (κ2) is 9.39. The van der Waals surface area contributed by atoms with Gasteiger partial charge in [0.1, 0.15) is 12.3 Å². The van der Waals surface area contributed by atoms with Gasteiger partial charge in [0.05, 0.1) is 19.9 Å². The van der Waals surface area contributed by atoms with E-state index in [1.54, 1.807) is 7.11 Å². The van der Waals surface area contributed by atoms with Crippen molar-refractivity contribution in [1.29, 1.82) is 0 Å². The van der Waals surface area contributed by atoms with Crippen molar-refractivity contribution in [3.63, 3.8) is 0 Å². The number of amides is 1. The molecule has 2 aromatic carbocycles. The summed E-state index contributed by atoms with van der Waals surface area (Å²) in [6, 6.07) is 15.8. The average Bonchev–Trinajstić information content (AvgIpc) is 2.83. The molecule has 1 amide bonds. The van der Waals surface area contributed by atoms with E-state index in [0.717, 1.165) is 29.4 Å². The summed E-state index contributed by atoms with van der Waals surface area (Å²) in [7, 11) is 3.09. The van der Waals surface area contributed by atoms with E-state index in [-0.39, 0.29) is 17.9 Å². The molecule has 2 aromatic rings. The minimum absolute atomic E-state index is 0.0861. The van der Waals surface area contributed by atoms with Gasteiger partial charge in [0.15, 0.2) is 12.6 Å². The summed E-state index contributed by atoms with van der Waals surface area (Å²) in [6.45, 7) is 3.77. The quantitative estimate of drug-likeness (QED) is 0.710. The van der Waals surface area contributed by atoms with Crippen molar-refractivity contribution in [1.82, 2.24) is 4.90 Å². The maximum absolute atomic E-state index is 13.1. The minimum Gasteiger partial charge on any atom is -0.495 e. The van der Waals surface area contributed by atoms with E-state index in [9.17, 15) is 9.59 Å². The molecule has 1 N–H and O–H groups in total. The van der Waals surface area contributed by atoms with Crippen molar-refractivity contribution in [2.75, 3.05) is 51.8 Å². The van der Waals surface area contributed by atoms with E-state index in [1.807, 2.05) is 41.3 Å². The highest BCUT2D eigenvalue weighted by Gasteiger charge is 2.38. The van der Waals surface area contributed by atoms with Crippen LogP contribution < -0.4 is 14.5 Å². The molecule has 1 saturated heterocycles. The predicted molar refractivity (Wildman–Crippen MR) is 117 cm³/mol. The van der Waals surface area contributed by atoms with Gasteiger partial charge >= 0.3 is 5.97 Å². The highest BCUT2D eigenvalue weighted by atomic mass is 16.5. The lowest BCUT2D eigenvalue weighted by Gasteiger charge is -2.38. The molecule has 0 bridgehead atoms. The molecule has 0 aliphatic carbocycles. The Balaban J connectivity index is 1.40. The number of nitrogens with one attached hydrogen (secondary N) is 1. The summed E-state index contributed by atoms with van der Waals surface area (Å²) in [5.74, 6) is 0.681. The van der Waals surface area contributed by atoms with Crippen LogP contribution in [0.15, 0.2) is 48.5 Å². The number of anilines is 1. The Hall–Kier alpha value is -3.06. The molecule has 2 aliphatic heterocycles. The Morgan fingerprint density at radius 1 is 0.968 bits per heavy atom. The van der Waals surface area contributed by atoms with E-state index in [2.05, 4.69) is 17.0 Å². The Labute approximate surface area is 183 Å². The number of hydrogen-bond acceptors (Lipinski definition) is 5. The molecule has 7 heteroatoms. The first-order valence-electron chi connectivity index (χ1n) is 10.8. The van der Waals surface area contributed by atoms with Gasteiger partial charge in [-0.05, 0) is 17.7 Å². The van der Waals surface area contributed by atoms with Gasteiger partial charge in [0.2, 0.25) is 0 Å². The fourth-order valence-corrected chi connectivity index (χ4v) is 4.63. The zero-order chi connectivity index (χ0) is 21.8. The van der Waals surface area contributed by atoms with Crippen LogP contribution in [-0.4, -0.2) is 69.8 Å². The number of fused-ring (bicyclic) bond motifs is 1. The Bertz CT molecular complexity index is 940. The van der Waals surface area contributed by atoms with Crippen molar-refractivity contribution < 1.29 is 24.0 Å². The maximum atomic E-state index is 13.1. The Morgan fingerprint density at radius 2 is 1.65 bits per heavy atom. The SMILES string of the molecule is COC(=O)[C@@H]1Cc2ccccc2C[NH+]1CC(=O)N1CCN(c2ccccc2OC)CC1. The normalized spacial score (nSPS) is 20.7. The first-order valence-corrected chi connectivity index (χ1v) is 10.8. The van der Waals surface area contributed by atoms with Crippen LogP contribution in [0, 0.1) is 0 Å². The van der Waals surface area contributed by atoms with Crippen LogP contribution in [-0.2, 0) is 27.3 Å². The predicted octanol–water partition coefficient (Wildman–Crippen LogP) is 0.527. The molecular formula is C24H30N3O4+. The molecule has 1 unspecified atom stereocenters. The van der Waals surface area contributed by atoms with Gasteiger partial charge in [-0.2, -0.15) is 0 Å². The van der Waals surface area contributed by atoms with E-state index >= 15 is 0 Å². The zero-order valence-corrected chi connectivity index (χ0v) is 18.2. The van der Waals surface area contributed by atoms with Gasteiger partial charge in [0.25, 0.3) is 5.91 Å². The molecule has 2 atom stereocenters. The number of benzene rings is 2. The third kappa shape index (κ3) is 4.51. The van der Waals surface area contributed by atoms with Crippen LogP contribution >= 0.6 is 0 Å². The second-order valence-corrected chi connectivity index (χ2v) is 8.10. The number of hydrogen-bond donors (Lipinski definition) is 1. The van der Waals surface area contributed by atoms with Crippen molar-refractivity contribution in [3.05, 3.63) is 59.7 Å². The molecule has 0 aromatic heterocycles.